The van der Waals surface area contributed by atoms with E-state index >= 15 is 0 Å². The highest BCUT2D eigenvalue weighted by molar-refractivity contribution is 6.07. The zero-order valence-corrected chi connectivity index (χ0v) is 17.9. The summed E-state index contributed by atoms with van der Waals surface area (Å²) in [6.07, 6.45) is 1.81. The molecule has 4 rings (SSSR count). The summed E-state index contributed by atoms with van der Waals surface area (Å²) in [5, 5.41) is 5.75. The second-order valence-corrected chi connectivity index (χ2v) is 7.89. The van der Waals surface area contributed by atoms with E-state index in [2.05, 4.69) is 23.6 Å². The van der Waals surface area contributed by atoms with Crippen LogP contribution in [0.15, 0.2) is 66.7 Å². The van der Waals surface area contributed by atoms with Gasteiger partial charge in [0, 0.05) is 30.0 Å². The van der Waals surface area contributed by atoms with Gasteiger partial charge < -0.3 is 15.5 Å². The third-order valence-corrected chi connectivity index (χ3v) is 5.66. The van der Waals surface area contributed by atoms with E-state index in [0.717, 1.165) is 40.9 Å². The number of benzene rings is 3. The maximum atomic E-state index is 13.0. The van der Waals surface area contributed by atoms with E-state index in [4.69, 9.17) is 0 Å². The fraction of sp³-hybridized carbons (Fsp3) is 0.231. The molecule has 0 saturated heterocycles. The number of carbonyl (C=O) groups excluding carboxylic acids is 2. The van der Waals surface area contributed by atoms with Gasteiger partial charge in [-0.05, 0) is 66.8 Å². The third kappa shape index (κ3) is 4.77. The molecule has 0 fully saturated rings. The van der Waals surface area contributed by atoms with Gasteiger partial charge in [-0.25, -0.2) is 4.79 Å². The highest BCUT2D eigenvalue weighted by Crippen LogP contribution is 2.30. The number of nitrogens with zero attached hydrogens (tertiary/aromatic N) is 1. The van der Waals surface area contributed by atoms with Crippen molar-refractivity contribution in [1.29, 1.82) is 0 Å². The number of carbonyl (C=O) groups is 2. The minimum absolute atomic E-state index is 0.0112. The molecule has 3 amide bonds. The highest BCUT2D eigenvalue weighted by Gasteiger charge is 2.25. The van der Waals surface area contributed by atoms with Crippen LogP contribution in [0.5, 0.6) is 0 Å². The molecule has 3 aromatic carbocycles. The highest BCUT2D eigenvalue weighted by atomic mass is 16.2. The van der Waals surface area contributed by atoms with Gasteiger partial charge in [0.25, 0.3) is 5.91 Å². The number of rotatable bonds is 5. The lowest BCUT2D eigenvalue weighted by Crippen LogP contribution is -2.29. The summed E-state index contributed by atoms with van der Waals surface area (Å²) in [6, 6.07) is 21.3. The number of anilines is 2. The molecule has 3 aromatic rings. The molecule has 0 aliphatic carbocycles. The fourth-order valence-corrected chi connectivity index (χ4v) is 3.78. The first-order valence-corrected chi connectivity index (χ1v) is 10.7. The first kappa shape index (κ1) is 20.7. The lowest BCUT2D eigenvalue weighted by Gasteiger charge is -2.18. The molecule has 0 radical (unpaired) electrons. The predicted octanol–water partition coefficient (Wildman–Crippen LogP) is 5.08. The molecule has 5 heteroatoms. The van der Waals surface area contributed by atoms with Gasteiger partial charge in [-0.3, -0.25) is 4.79 Å². The van der Waals surface area contributed by atoms with Gasteiger partial charge in [0.2, 0.25) is 0 Å². The Hall–Kier alpha value is -3.60. The molecule has 1 aliphatic heterocycles. The zero-order chi connectivity index (χ0) is 21.8. The molecule has 1 heterocycles. The first-order valence-electron chi connectivity index (χ1n) is 10.7. The second kappa shape index (κ2) is 9.04. The van der Waals surface area contributed by atoms with Crippen molar-refractivity contribution in [3.05, 3.63) is 94.5 Å². The van der Waals surface area contributed by atoms with Gasteiger partial charge in [0.1, 0.15) is 0 Å². The Balaban J connectivity index is 1.40. The Morgan fingerprint density at radius 3 is 2.35 bits per heavy atom. The molecule has 0 atom stereocenters. The second-order valence-electron chi connectivity index (χ2n) is 7.89. The molecule has 0 aromatic heterocycles. The monoisotopic (exact) mass is 413 g/mol. The van der Waals surface area contributed by atoms with E-state index in [1.165, 1.54) is 5.56 Å². The standard InChI is InChI=1S/C26H27N3O2/c1-3-19-7-12-23(13-8-19)28-26(31)27-17-20-6-11-21-14-15-29(24(21)16-20)25(30)22-9-4-18(2)5-10-22/h4-13,16H,3,14-15,17H2,1-2H3,(H2,27,28,31). The van der Waals surface area contributed by atoms with Crippen LogP contribution in [-0.2, 0) is 19.4 Å². The Morgan fingerprint density at radius 1 is 0.935 bits per heavy atom. The van der Waals surface area contributed by atoms with E-state index in [1.54, 1.807) is 0 Å². The number of amides is 3. The van der Waals surface area contributed by atoms with Gasteiger partial charge in [0.05, 0.1) is 0 Å². The van der Waals surface area contributed by atoms with Crippen molar-refractivity contribution < 1.29 is 9.59 Å². The topological polar surface area (TPSA) is 61.4 Å². The van der Waals surface area contributed by atoms with Crippen molar-refractivity contribution in [2.24, 2.45) is 0 Å². The molecular formula is C26H27N3O2. The predicted molar refractivity (Wildman–Crippen MR) is 125 cm³/mol. The summed E-state index contributed by atoms with van der Waals surface area (Å²) in [5.41, 5.74) is 6.86. The number of hydrogen-bond donors (Lipinski definition) is 2. The summed E-state index contributed by atoms with van der Waals surface area (Å²) >= 11 is 0. The lowest BCUT2D eigenvalue weighted by atomic mass is 10.1. The molecule has 31 heavy (non-hydrogen) atoms. The summed E-state index contributed by atoms with van der Waals surface area (Å²) in [6.45, 7) is 5.17. The van der Waals surface area contributed by atoms with Crippen molar-refractivity contribution in [3.63, 3.8) is 0 Å². The lowest BCUT2D eigenvalue weighted by molar-refractivity contribution is 0.0989. The summed E-state index contributed by atoms with van der Waals surface area (Å²) < 4.78 is 0. The molecule has 0 saturated carbocycles. The van der Waals surface area contributed by atoms with Crippen molar-refractivity contribution in [2.75, 3.05) is 16.8 Å². The Morgan fingerprint density at radius 2 is 1.65 bits per heavy atom. The minimum Gasteiger partial charge on any atom is -0.334 e. The maximum absolute atomic E-state index is 13.0. The van der Waals surface area contributed by atoms with Crippen LogP contribution in [0.4, 0.5) is 16.2 Å². The average Bonchev–Trinajstić information content (AvgIpc) is 3.21. The number of hydrogen-bond acceptors (Lipinski definition) is 2. The quantitative estimate of drug-likeness (QED) is 0.613. The largest absolute Gasteiger partial charge is 0.334 e. The van der Waals surface area contributed by atoms with Crippen LogP contribution < -0.4 is 15.5 Å². The van der Waals surface area contributed by atoms with Crippen molar-refractivity contribution >= 4 is 23.3 Å². The van der Waals surface area contributed by atoms with E-state index in [0.29, 0.717) is 18.7 Å². The molecule has 0 spiro atoms. The Bertz CT molecular complexity index is 1090. The maximum Gasteiger partial charge on any atom is 0.319 e. The van der Waals surface area contributed by atoms with Crippen molar-refractivity contribution in [1.82, 2.24) is 5.32 Å². The van der Waals surface area contributed by atoms with Gasteiger partial charge in [-0.2, -0.15) is 0 Å². The molecule has 1 aliphatic rings. The number of nitrogens with one attached hydrogen (secondary N) is 2. The molecule has 2 N–H and O–H groups in total. The van der Waals surface area contributed by atoms with Crippen LogP contribution in [0.1, 0.15) is 39.5 Å². The number of urea groups is 1. The van der Waals surface area contributed by atoms with Gasteiger partial charge >= 0.3 is 6.03 Å². The normalized spacial score (nSPS) is 12.4. The zero-order valence-electron chi connectivity index (χ0n) is 17.9. The number of fused-ring (bicyclic) bond motifs is 1. The van der Waals surface area contributed by atoms with E-state index < -0.39 is 0 Å². The molecular weight excluding hydrogens is 386 g/mol. The Labute approximate surface area is 183 Å². The molecule has 0 unspecified atom stereocenters. The summed E-state index contributed by atoms with van der Waals surface area (Å²) in [4.78, 5) is 27.1. The summed E-state index contributed by atoms with van der Waals surface area (Å²) in [7, 11) is 0. The van der Waals surface area contributed by atoms with Crippen molar-refractivity contribution in [2.45, 2.75) is 33.2 Å². The average molecular weight is 414 g/mol. The smallest absolute Gasteiger partial charge is 0.319 e. The molecule has 5 nitrogen and oxygen atoms in total. The molecule has 158 valence electrons. The van der Waals surface area contributed by atoms with Crippen LogP contribution in [0.2, 0.25) is 0 Å². The number of aryl methyl sites for hydroxylation is 2. The molecule has 0 bridgehead atoms. The van der Waals surface area contributed by atoms with Gasteiger partial charge in [-0.1, -0.05) is 48.9 Å². The first-order chi connectivity index (χ1) is 15.0. The van der Waals surface area contributed by atoms with E-state index in [9.17, 15) is 9.59 Å². The summed E-state index contributed by atoms with van der Waals surface area (Å²) in [5.74, 6) is 0.0112. The Kier molecular flexibility index (Phi) is 6.03. The van der Waals surface area contributed by atoms with Crippen LogP contribution >= 0.6 is 0 Å². The SMILES string of the molecule is CCc1ccc(NC(=O)NCc2ccc3c(c2)N(C(=O)c2ccc(C)cc2)CC3)cc1. The van der Waals surface area contributed by atoms with E-state index in [1.807, 2.05) is 72.5 Å². The third-order valence-electron chi connectivity index (χ3n) is 5.66. The fourth-order valence-electron chi connectivity index (χ4n) is 3.78. The van der Waals surface area contributed by atoms with Crippen LogP contribution in [0, 0.1) is 6.92 Å². The van der Waals surface area contributed by atoms with Crippen LogP contribution in [0.25, 0.3) is 0 Å². The van der Waals surface area contributed by atoms with Crippen LogP contribution in [0.3, 0.4) is 0 Å². The minimum atomic E-state index is -0.252. The van der Waals surface area contributed by atoms with E-state index in [-0.39, 0.29) is 11.9 Å². The van der Waals surface area contributed by atoms with Crippen LogP contribution in [-0.4, -0.2) is 18.5 Å². The van der Waals surface area contributed by atoms with Crippen molar-refractivity contribution in [3.8, 4) is 0 Å². The van der Waals surface area contributed by atoms with Gasteiger partial charge in [-0.15, -0.1) is 0 Å². The van der Waals surface area contributed by atoms with Gasteiger partial charge in [0.15, 0.2) is 0 Å².